The summed E-state index contributed by atoms with van der Waals surface area (Å²) in [5.41, 5.74) is 1.40. The molecule has 0 atom stereocenters. The maximum atomic E-state index is 12.2. The first-order valence-corrected chi connectivity index (χ1v) is 6.00. The summed E-state index contributed by atoms with van der Waals surface area (Å²) in [5.74, 6) is -0.0364. The maximum Gasteiger partial charge on any atom is 0.272 e. The third-order valence-corrected chi connectivity index (χ3v) is 3.21. The third-order valence-electron chi connectivity index (χ3n) is 3.21. The number of oxime groups is 1. The molecule has 0 aliphatic carbocycles. The highest BCUT2D eigenvalue weighted by molar-refractivity contribution is 6.41. The van der Waals surface area contributed by atoms with Crippen LogP contribution in [0.25, 0.3) is 0 Å². The fourth-order valence-corrected chi connectivity index (χ4v) is 2.24. The molecule has 0 bridgehead atoms. The van der Waals surface area contributed by atoms with Gasteiger partial charge in [0.25, 0.3) is 5.91 Å². The summed E-state index contributed by atoms with van der Waals surface area (Å²) in [6.07, 6.45) is 0.618. The molecule has 1 aromatic carbocycles. The van der Waals surface area contributed by atoms with Crippen molar-refractivity contribution in [3.63, 3.8) is 0 Å². The first-order chi connectivity index (χ1) is 8.54. The van der Waals surface area contributed by atoms with Crippen LogP contribution in [0.1, 0.15) is 25.8 Å². The Balaban J connectivity index is 2.22. The average molecular weight is 246 g/mol. The minimum atomic E-state index is -0.218. The molecule has 0 spiro atoms. The number of amides is 1. The van der Waals surface area contributed by atoms with Crippen LogP contribution < -0.4 is 0 Å². The van der Waals surface area contributed by atoms with Crippen LogP contribution in [-0.4, -0.2) is 29.2 Å². The quantitative estimate of drug-likeness (QED) is 0.767. The fourth-order valence-electron chi connectivity index (χ4n) is 2.24. The van der Waals surface area contributed by atoms with Crippen molar-refractivity contribution in [3.05, 3.63) is 35.9 Å². The molecule has 96 valence electrons. The van der Waals surface area contributed by atoms with Crippen LogP contribution in [0.4, 0.5) is 0 Å². The van der Waals surface area contributed by atoms with Crippen molar-refractivity contribution in [3.8, 4) is 0 Å². The Kier molecular flexibility index (Phi) is 3.36. The minimum absolute atomic E-state index is 0.0364. The minimum Gasteiger partial charge on any atom is -0.399 e. The Hall–Kier alpha value is -1.84. The summed E-state index contributed by atoms with van der Waals surface area (Å²) in [5, 5.41) is 3.82. The van der Waals surface area contributed by atoms with Crippen LogP contribution in [0.5, 0.6) is 0 Å². The van der Waals surface area contributed by atoms with Crippen LogP contribution >= 0.6 is 0 Å². The summed E-state index contributed by atoms with van der Waals surface area (Å²) >= 11 is 0. The van der Waals surface area contributed by atoms with Crippen molar-refractivity contribution in [2.24, 2.45) is 5.16 Å². The average Bonchev–Trinajstić information content (AvgIpc) is 2.55. The summed E-state index contributed by atoms with van der Waals surface area (Å²) < 4.78 is 0. The van der Waals surface area contributed by atoms with E-state index in [0.29, 0.717) is 18.7 Å². The van der Waals surface area contributed by atoms with E-state index in [1.54, 1.807) is 0 Å². The van der Waals surface area contributed by atoms with Gasteiger partial charge in [0, 0.05) is 18.5 Å². The van der Waals surface area contributed by atoms with Gasteiger partial charge >= 0.3 is 0 Å². The molecule has 1 aromatic rings. The molecule has 1 aliphatic heterocycles. The molecule has 18 heavy (non-hydrogen) atoms. The van der Waals surface area contributed by atoms with E-state index in [2.05, 4.69) is 5.16 Å². The molecule has 0 saturated carbocycles. The highest BCUT2D eigenvalue weighted by Gasteiger charge is 2.42. The Labute approximate surface area is 107 Å². The highest BCUT2D eigenvalue weighted by Crippen LogP contribution is 2.29. The van der Waals surface area contributed by atoms with Gasteiger partial charge in [-0.1, -0.05) is 35.5 Å². The van der Waals surface area contributed by atoms with Gasteiger partial charge in [0.1, 0.15) is 12.8 Å². The van der Waals surface area contributed by atoms with Gasteiger partial charge in [0.05, 0.1) is 0 Å². The van der Waals surface area contributed by atoms with Crippen molar-refractivity contribution in [2.75, 3.05) is 7.11 Å². The molecule has 0 aromatic heterocycles. The lowest BCUT2D eigenvalue weighted by molar-refractivity contribution is -0.126. The predicted molar refractivity (Wildman–Crippen MR) is 70.1 cm³/mol. The van der Waals surface area contributed by atoms with Gasteiger partial charge in [0.2, 0.25) is 0 Å². The Bertz CT molecular complexity index is 466. The largest absolute Gasteiger partial charge is 0.399 e. The lowest BCUT2D eigenvalue weighted by atomic mass is 10.0. The monoisotopic (exact) mass is 246 g/mol. The number of likely N-dealkylation sites (tertiary alicyclic amines) is 1. The van der Waals surface area contributed by atoms with Gasteiger partial charge < -0.3 is 9.74 Å². The van der Waals surface area contributed by atoms with Gasteiger partial charge in [-0.25, -0.2) is 0 Å². The maximum absolute atomic E-state index is 12.2. The first-order valence-electron chi connectivity index (χ1n) is 6.00. The standard InChI is InChI=1S/C14H18N2O2/c1-14(2)9-12(15-18-3)13(17)16(14)10-11-7-5-4-6-8-11/h4-8H,9-10H2,1-3H3/b15-12-. The molecular weight excluding hydrogens is 228 g/mol. The number of hydrogen-bond donors (Lipinski definition) is 0. The van der Waals surface area contributed by atoms with Crippen LogP contribution in [-0.2, 0) is 16.2 Å². The van der Waals surface area contributed by atoms with E-state index in [0.717, 1.165) is 5.56 Å². The number of carbonyl (C=O) groups is 1. The van der Waals surface area contributed by atoms with Gasteiger partial charge in [-0.3, -0.25) is 4.79 Å². The van der Waals surface area contributed by atoms with E-state index in [1.807, 2.05) is 49.1 Å². The second-order valence-electron chi connectivity index (χ2n) is 5.09. The van der Waals surface area contributed by atoms with E-state index in [9.17, 15) is 4.79 Å². The van der Waals surface area contributed by atoms with Gasteiger partial charge in [-0.2, -0.15) is 0 Å². The third kappa shape index (κ3) is 2.37. The van der Waals surface area contributed by atoms with Crippen molar-refractivity contribution in [1.82, 2.24) is 4.90 Å². The molecule has 1 amide bonds. The fraction of sp³-hybridized carbons (Fsp3) is 0.429. The van der Waals surface area contributed by atoms with Crippen molar-refractivity contribution in [2.45, 2.75) is 32.4 Å². The van der Waals surface area contributed by atoms with Crippen LogP contribution in [0, 0.1) is 0 Å². The number of rotatable bonds is 3. The zero-order chi connectivity index (χ0) is 13.2. The number of benzene rings is 1. The second kappa shape index (κ2) is 4.80. The molecule has 1 fully saturated rings. The van der Waals surface area contributed by atoms with Gasteiger partial charge in [-0.15, -0.1) is 0 Å². The Morgan fingerprint density at radius 1 is 1.33 bits per heavy atom. The molecule has 1 aliphatic rings. The predicted octanol–water partition coefficient (Wildman–Crippen LogP) is 2.20. The van der Waals surface area contributed by atoms with E-state index in [1.165, 1.54) is 7.11 Å². The van der Waals surface area contributed by atoms with Gasteiger partial charge in [-0.05, 0) is 19.4 Å². The lowest BCUT2D eigenvalue weighted by Crippen LogP contribution is -2.40. The summed E-state index contributed by atoms with van der Waals surface area (Å²) in [4.78, 5) is 18.8. The molecule has 0 N–H and O–H groups in total. The van der Waals surface area contributed by atoms with Crippen molar-refractivity contribution >= 4 is 11.6 Å². The van der Waals surface area contributed by atoms with Crippen LogP contribution in [0.15, 0.2) is 35.5 Å². The molecule has 4 nitrogen and oxygen atoms in total. The lowest BCUT2D eigenvalue weighted by Gasteiger charge is -2.30. The molecule has 0 radical (unpaired) electrons. The molecule has 0 unspecified atom stereocenters. The molecule has 1 saturated heterocycles. The summed E-state index contributed by atoms with van der Waals surface area (Å²) in [6, 6.07) is 9.97. The zero-order valence-electron chi connectivity index (χ0n) is 11.0. The summed E-state index contributed by atoms with van der Waals surface area (Å²) in [7, 11) is 1.47. The molecule has 2 rings (SSSR count). The van der Waals surface area contributed by atoms with Gasteiger partial charge in [0.15, 0.2) is 0 Å². The SMILES string of the molecule is CO/N=C1/CC(C)(C)N(Cc2ccccc2)C1=O. The topological polar surface area (TPSA) is 41.9 Å². The van der Waals surface area contributed by atoms with Crippen molar-refractivity contribution in [1.29, 1.82) is 0 Å². The number of nitrogens with zero attached hydrogens (tertiary/aromatic N) is 2. The Morgan fingerprint density at radius 2 is 2.00 bits per heavy atom. The van der Waals surface area contributed by atoms with Crippen LogP contribution in [0.3, 0.4) is 0 Å². The van der Waals surface area contributed by atoms with E-state index in [4.69, 9.17) is 4.84 Å². The van der Waals surface area contributed by atoms with E-state index >= 15 is 0 Å². The first kappa shape index (κ1) is 12.6. The molecule has 1 heterocycles. The smallest absolute Gasteiger partial charge is 0.272 e. The molecular formula is C14H18N2O2. The van der Waals surface area contributed by atoms with Crippen molar-refractivity contribution < 1.29 is 9.63 Å². The summed E-state index contributed by atoms with van der Waals surface area (Å²) in [6.45, 7) is 4.70. The second-order valence-corrected chi connectivity index (χ2v) is 5.09. The van der Waals surface area contributed by atoms with E-state index in [-0.39, 0.29) is 11.4 Å². The highest BCUT2D eigenvalue weighted by atomic mass is 16.6. The Morgan fingerprint density at radius 3 is 2.61 bits per heavy atom. The number of carbonyl (C=O) groups excluding carboxylic acids is 1. The normalized spacial score (nSPS) is 20.5. The zero-order valence-corrected chi connectivity index (χ0v) is 11.0. The van der Waals surface area contributed by atoms with Crippen LogP contribution in [0.2, 0.25) is 0 Å². The molecule has 4 heteroatoms. The number of hydrogen-bond acceptors (Lipinski definition) is 3. The van der Waals surface area contributed by atoms with E-state index < -0.39 is 0 Å².